The van der Waals surface area contributed by atoms with E-state index in [1.54, 1.807) is 19.3 Å². The monoisotopic (exact) mass is 351 g/mol. The average molecular weight is 352 g/mol. The number of nitro groups is 1. The normalized spacial score (nSPS) is 11.3. The maximum Gasteiger partial charge on any atom is 0.306 e. The number of aromatic nitrogens is 3. The van der Waals surface area contributed by atoms with Crippen molar-refractivity contribution in [3.8, 4) is 0 Å². The summed E-state index contributed by atoms with van der Waals surface area (Å²) in [5.74, 6) is 0.651. The predicted molar refractivity (Wildman–Crippen MR) is 91.2 cm³/mol. The van der Waals surface area contributed by atoms with E-state index in [2.05, 4.69) is 25.7 Å². The van der Waals surface area contributed by atoms with Crippen LogP contribution in [-0.4, -0.2) is 45.8 Å². The van der Waals surface area contributed by atoms with Gasteiger partial charge in [-0.05, 0) is 18.1 Å². The number of pyridine rings is 1. The van der Waals surface area contributed by atoms with Crippen LogP contribution in [0.1, 0.15) is 5.56 Å². The Bertz CT molecular complexity index is 699. The van der Waals surface area contributed by atoms with Gasteiger partial charge in [0.05, 0.1) is 11.5 Å². The molecule has 2 heterocycles. The molecule has 0 aliphatic rings. The molecule has 0 saturated carbocycles. The smallest absolute Gasteiger partial charge is 0.306 e. The quantitative estimate of drug-likeness (QED) is 0.255. The summed E-state index contributed by atoms with van der Waals surface area (Å²) in [6, 6.07) is 3.69. The molecular weight excluding hydrogens is 334 g/mol. The number of nitrogens with zero attached hydrogens (tertiary/aromatic N) is 5. The van der Waals surface area contributed by atoms with Crippen molar-refractivity contribution in [3.05, 3.63) is 51.6 Å². The first-order valence-electron chi connectivity index (χ1n) is 7.30. The number of nitrogens with one attached hydrogen (secondary N) is 2. The summed E-state index contributed by atoms with van der Waals surface area (Å²) in [5.41, 5.74) is 1.06. The second kappa shape index (κ2) is 8.82. The molecule has 0 aliphatic heterocycles. The molecule has 0 atom stereocenters. The molecule has 2 aromatic rings. The van der Waals surface area contributed by atoms with E-state index in [0.29, 0.717) is 30.7 Å². The lowest BCUT2D eigenvalue weighted by molar-refractivity contribution is -0.385. The first-order chi connectivity index (χ1) is 11.6. The fourth-order valence-corrected chi connectivity index (χ4v) is 2.07. The third-order valence-corrected chi connectivity index (χ3v) is 3.41. The second-order valence-corrected chi connectivity index (χ2v) is 5.27. The lowest BCUT2D eigenvalue weighted by Crippen LogP contribution is -2.39. The number of rotatable bonds is 7. The first-order valence-corrected chi connectivity index (χ1v) is 7.68. The van der Waals surface area contributed by atoms with Gasteiger partial charge in [-0.25, -0.2) is 4.98 Å². The van der Waals surface area contributed by atoms with Crippen molar-refractivity contribution in [2.75, 3.05) is 20.1 Å². The van der Waals surface area contributed by atoms with Gasteiger partial charge in [0.15, 0.2) is 5.96 Å². The van der Waals surface area contributed by atoms with Gasteiger partial charge in [-0.3, -0.25) is 19.8 Å². The molecule has 10 heteroatoms. The van der Waals surface area contributed by atoms with E-state index in [4.69, 9.17) is 11.6 Å². The summed E-state index contributed by atoms with van der Waals surface area (Å²) in [7, 11) is 1.68. The summed E-state index contributed by atoms with van der Waals surface area (Å²) < 4.78 is 1.51. The van der Waals surface area contributed by atoms with E-state index in [1.165, 1.54) is 17.1 Å². The number of halogens is 1. The zero-order chi connectivity index (χ0) is 17.4. The summed E-state index contributed by atoms with van der Waals surface area (Å²) in [5, 5.41) is 21.3. The Labute approximate surface area is 143 Å². The largest absolute Gasteiger partial charge is 0.356 e. The van der Waals surface area contributed by atoms with Crippen molar-refractivity contribution in [1.82, 2.24) is 25.4 Å². The summed E-state index contributed by atoms with van der Waals surface area (Å²) >= 11 is 5.74. The van der Waals surface area contributed by atoms with Crippen molar-refractivity contribution in [3.63, 3.8) is 0 Å². The molecule has 0 radical (unpaired) electrons. The lowest BCUT2D eigenvalue weighted by atomic mass is 10.2. The molecule has 0 aliphatic carbocycles. The molecule has 2 rings (SSSR count). The minimum Gasteiger partial charge on any atom is -0.356 e. The molecule has 0 aromatic carbocycles. The van der Waals surface area contributed by atoms with Crippen LogP contribution >= 0.6 is 11.6 Å². The number of hydrogen-bond donors (Lipinski definition) is 2. The van der Waals surface area contributed by atoms with E-state index in [0.717, 1.165) is 12.0 Å². The summed E-state index contributed by atoms with van der Waals surface area (Å²) in [4.78, 5) is 18.3. The minimum absolute atomic E-state index is 0.0194. The maximum absolute atomic E-state index is 10.6. The summed E-state index contributed by atoms with van der Waals surface area (Å²) in [6.07, 6.45) is 5.15. The van der Waals surface area contributed by atoms with Crippen LogP contribution in [0.25, 0.3) is 0 Å². The van der Waals surface area contributed by atoms with Gasteiger partial charge < -0.3 is 10.6 Å². The molecule has 0 spiro atoms. The standard InChI is InChI=1S/C14H18ClN7O2/c1-16-14(17-5-4-11-2-3-13(15)19-8-11)18-6-7-21-10-12(9-20-21)22(23)24/h2-3,8-10H,4-7H2,1H3,(H2,16,17,18). The van der Waals surface area contributed by atoms with Crippen LogP contribution in [0.15, 0.2) is 35.7 Å². The molecule has 0 unspecified atom stereocenters. The van der Waals surface area contributed by atoms with E-state index in [1.807, 2.05) is 6.07 Å². The van der Waals surface area contributed by atoms with E-state index in [-0.39, 0.29) is 5.69 Å². The van der Waals surface area contributed by atoms with Crippen LogP contribution in [0.2, 0.25) is 5.15 Å². The van der Waals surface area contributed by atoms with Gasteiger partial charge in [0, 0.05) is 26.3 Å². The Morgan fingerprint density at radius 1 is 1.38 bits per heavy atom. The van der Waals surface area contributed by atoms with Crippen molar-refractivity contribution in [1.29, 1.82) is 0 Å². The number of aliphatic imine (C=N–C) groups is 1. The van der Waals surface area contributed by atoms with Gasteiger partial charge in [0.2, 0.25) is 0 Å². The topological polar surface area (TPSA) is 110 Å². The zero-order valence-corrected chi connectivity index (χ0v) is 13.9. The maximum atomic E-state index is 10.6. The Hall–Kier alpha value is -2.68. The highest BCUT2D eigenvalue weighted by Crippen LogP contribution is 2.07. The Balaban J connectivity index is 1.70. The van der Waals surface area contributed by atoms with Crippen LogP contribution in [-0.2, 0) is 13.0 Å². The van der Waals surface area contributed by atoms with Crippen LogP contribution in [0, 0.1) is 10.1 Å². The van der Waals surface area contributed by atoms with Crippen molar-refractivity contribution in [2.24, 2.45) is 4.99 Å². The SMILES string of the molecule is CN=C(NCCc1ccc(Cl)nc1)NCCn1cc([N+](=O)[O-])cn1. The van der Waals surface area contributed by atoms with Crippen molar-refractivity contribution in [2.45, 2.75) is 13.0 Å². The van der Waals surface area contributed by atoms with Gasteiger partial charge in [-0.1, -0.05) is 17.7 Å². The number of hydrogen-bond acceptors (Lipinski definition) is 5. The van der Waals surface area contributed by atoms with E-state index < -0.39 is 4.92 Å². The van der Waals surface area contributed by atoms with Crippen molar-refractivity contribution < 1.29 is 4.92 Å². The van der Waals surface area contributed by atoms with Crippen LogP contribution in [0.5, 0.6) is 0 Å². The zero-order valence-electron chi connectivity index (χ0n) is 13.1. The molecule has 0 saturated heterocycles. The molecular formula is C14H18ClN7O2. The Kier molecular flexibility index (Phi) is 6.50. The fourth-order valence-electron chi connectivity index (χ4n) is 1.96. The van der Waals surface area contributed by atoms with Gasteiger partial charge in [-0.2, -0.15) is 5.10 Å². The molecule has 0 amide bonds. The second-order valence-electron chi connectivity index (χ2n) is 4.88. The molecule has 24 heavy (non-hydrogen) atoms. The minimum atomic E-state index is -0.469. The predicted octanol–water partition coefficient (Wildman–Crippen LogP) is 1.25. The summed E-state index contributed by atoms with van der Waals surface area (Å²) in [6.45, 7) is 1.73. The van der Waals surface area contributed by atoms with E-state index in [9.17, 15) is 10.1 Å². The third kappa shape index (κ3) is 5.51. The van der Waals surface area contributed by atoms with Crippen molar-refractivity contribution >= 4 is 23.2 Å². The van der Waals surface area contributed by atoms with Crippen LogP contribution in [0.4, 0.5) is 5.69 Å². The van der Waals surface area contributed by atoms with Gasteiger partial charge >= 0.3 is 5.69 Å². The molecule has 2 N–H and O–H groups in total. The Morgan fingerprint density at radius 3 is 2.79 bits per heavy atom. The molecule has 2 aromatic heterocycles. The highest BCUT2D eigenvalue weighted by atomic mass is 35.5. The molecule has 0 fully saturated rings. The van der Waals surface area contributed by atoms with Gasteiger partial charge in [0.25, 0.3) is 0 Å². The highest BCUT2D eigenvalue weighted by molar-refractivity contribution is 6.29. The first kappa shape index (κ1) is 17.7. The number of guanidine groups is 1. The van der Waals surface area contributed by atoms with Gasteiger partial charge in [-0.15, -0.1) is 0 Å². The van der Waals surface area contributed by atoms with E-state index >= 15 is 0 Å². The Morgan fingerprint density at radius 2 is 2.17 bits per heavy atom. The van der Waals surface area contributed by atoms with Gasteiger partial charge in [0.1, 0.15) is 17.5 Å². The van der Waals surface area contributed by atoms with Crippen LogP contribution < -0.4 is 10.6 Å². The lowest BCUT2D eigenvalue weighted by Gasteiger charge is -2.11. The molecule has 128 valence electrons. The average Bonchev–Trinajstić information content (AvgIpc) is 3.04. The third-order valence-electron chi connectivity index (χ3n) is 3.18. The highest BCUT2D eigenvalue weighted by Gasteiger charge is 2.08. The molecule has 9 nitrogen and oxygen atoms in total. The fraction of sp³-hybridized carbons (Fsp3) is 0.357. The molecule has 0 bridgehead atoms. The van der Waals surface area contributed by atoms with Crippen LogP contribution in [0.3, 0.4) is 0 Å².